The molecule has 2 heterocycles. The standard InChI is InChI=1S/C20H17NO5/c1-23-15-5-2-4-14(12-15)19-21-16(20(22)26-19)10-13-6-7-17-18(11-13)25-9-3-8-24-17/h2,4-7,10-12H,3,8-9H2,1H3/b16-10+. The number of nitrogens with zero attached hydrogens (tertiary/aromatic N) is 1. The summed E-state index contributed by atoms with van der Waals surface area (Å²) in [6.07, 6.45) is 2.51. The number of benzene rings is 2. The van der Waals surface area contributed by atoms with Gasteiger partial charge in [0, 0.05) is 12.0 Å². The number of rotatable bonds is 3. The van der Waals surface area contributed by atoms with Crippen LogP contribution in [0.4, 0.5) is 0 Å². The van der Waals surface area contributed by atoms with Gasteiger partial charge in [0.2, 0.25) is 5.90 Å². The largest absolute Gasteiger partial charge is 0.497 e. The summed E-state index contributed by atoms with van der Waals surface area (Å²) in [6.45, 7) is 1.24. The van der Waals surface area contributed by atoms with Crippen LogP contribution in [0.2, 0.25) is 0 Å². The lowest BCUT2D eigenvalue weighted by molar-refractivity contribution is -0.129. The second-order valence-electron chi connectivity index (χ2n) is 5.82. The molecule has 0 unspecified atom stereocenters. The van der Waals surface area contributed by atoms with E-state index in [4.69, 9.17) is 18.9 Å². The van der Waals surface area contributed by atoms with Crippen molar-refractivity contribution < 1.29 is 23.7 Å². The molecule has 6 heteroatoms. The van der Waals surface area contributed by atoms with E-state index in [0.717, 1.165) is 12.0 Å². The van der Waals surface area contributed by atoms with Crippen LogP contribution in [-0.2, 0) is 9.53 Å². The molecule has 2 aromatic carbocycles. The van der Waals surface area contributed by atoms with E-state index in [1.807, 2.05) is 36.4 Å². The van der Waals surface area contributed by atoms with Crippen LogP contribution in [0.25, 0.3) is 6.08 Å². The summed E-state index contributed by atoms with van der Waals surface area (Å²) < 4.78 is 21.8. The Morgan fingerprint density at radius 3 is 2.77 bits per heavy atom. The average Bonchev–Trinajstić information content (AvgIpc) is 2.88. The molecule has 0 amide bonds. The number of fused-ring (bicyclic) bond motifs is 1. The summed E-state index contributed by atoms with van der Waals surface area (Å²) in [5.41, 5.74) is 1.70. The summed E-state index contributed by atoms with van der Waals surface area (Å²) >= 11 is 0. The number of hydrogen-bond acceptors (Lipinski definition) is 6. The third kappa shape index (κ3) is 3.26. The van der Waals surface area contributed by atoms with Crippen molar-refractivity contribution in [2.75, 3.05) is 20.3 Å². The van der Waals surface area contributed by atoms with E-state index in [9.17, 15) is 4.79 Å². The average molecular weight is 351 g/mol. The number of methoxy groups -OCH3 is 1. The van der Waals surface area contributed by atoms with Crippen molar-refractivity contribution in [2.45, 2.75) is 6.42 Å². The first-order valence-corrected chi connectivity index (χ1v) is 8.29. The van der Waals surface area contributed by atoms with Gasteiger partial charge >= 0.3 is 5.97 Å². The molecule has 0 saturated heterocycles. The van der Waals surface area contributed by atoms with Gasteiger partial charge < -0.3 is 18.9 Å². The molecule has 0 saturated carbocycles. The Kier molecular flexibility index (Phi) is 4.31. The Labute approximate surface area is 150 Å². The first kappa shape index (κ1) is 16.2. The minimum atomic E-state index is -0.491. The van der Waals surface area contributed by atoms with E-state index < -0.39 is 5.97 Å². The molecule has 0 bridgehead atoms. The second kappa shape index (κ2) is 6.92. The van der Waals surface area contributed by atoms with Gasteiger partial charge in [0.05, 0.1) is 20.3 Å². The van der Waals surface area contributed by atoms with Gasteiger partial charge in [-0.05, 0) is 42.0 Å². The summed E-state index contributed by atoms with van der Waals surface area (Å²) in [5.74, 6) is 1.81. The van der Waals surface area contributed by atoms with Crippen LogP contribution >= 0.6 is 0 Å². The quantitative estimate of drug-likeness (QED) is 0.628. The fraction of sp³-hybridized carbons (Fsp3) is 0.200. The molecule has 0 aromatic heterocycles. The predicted molar refractivity (Wildman–Crippen MR) is 95.6 cm³/mol. The summed E-state index contributed by atoms with van der Waals surface area (Å²) in [4.78, 5) is 16.5. The fourth-order valence-electron chi connectivity index (χ4n) is 2.72. The number of carbonyl (C=O) groups is 1. The van der Waals surface area contributed by atoms with Crippen molar-refractivity contribution in [2.24, 2.45) is 4.99 Å². The van der Waals surface area contributed by atoms with Gasteiger partial charge in [0.25, 0.3) is 0 Å². The van der Waals surface area contributed by atoms with Gasteiger partial charge in [-0.25, -0.2) is 9.79 Å². The Bertz CT molecular complexity index is 916. The highest BCUT2D eigenvalue weighted by Gasteiger charge is 2.24. The second-order valence-corrected chi connectivity index (χ2v) is 5.82. The molecule has 6 nitrogen and oxygen atoms in total. The smallest absolute Gasteiger partial charge is 0.363 e. The molecule has 0 spiro atoms. The van der Waals surface area contributed by atoms with Crippen molar-refractivity contribution >= 4 is 17.9 Å². The van der Waals surface area contributed by atoms with Crippen LogP contribution in [0.15, 0.2) is 53.2 Å². The lowest BCUT2D eigenvalue weighted by Gasteiger charge is -2.07. The third-order valence-corrected chi connectivity index (χ3v) is 4.01. The number of cyclic esters (lactones) is 1. The molecule has 0 N–H and O–H groups in total. The van der Waals surface area contributed by atoms with E-state index in [1.165, 1.54) is 0 Å². The normalized spacial score (nSPS) is 17.5. The van der Waals surface area contributed by atoms with Crippen molar-refractivity contribution in [3.8, 4) is 17.2 Å². The highest BCUT2D eigenvalue weighted by atomic mass is 16.6. The first-order chi connectivity index (χ1) is 12.7. The zero-order chi connectivity index (χ0) is 17.9. The zero-order valence-electron chi connectivity index (χ0n) is 14.2. The van der Waals surface area contributed by atoms with Crippen LogP contribution in [0.1, 0.15) is 17.5 Å². The molecule has 2 aliphatic heterocycles. The van der Waals surface area contributed by atoms with Crippen LogP contribution in [0.5, 0.6) is 17.2 Å². The minimum absolute atomic E-state index is 0.234. The van der Waals surface area contributed by atoms with Crippen LogP contribution in [0, 0.1) is 0 Å². The molecular weight excluding hydrogens is 334 g/mol. The number of carbonyl (C=O) groups excluding carboxylic acids is 1. The molecular formula is C20H17NO5. The van der Waals surface area contributed by atoms with Crippen molar-refractivity contribution in [3.63, 3.8) is 0 Å². The van der Waals surface area contributed by atoms with Crippen LogP contribution in [-0.4, -0.2) is 32.2 Å². The number of aliphatic imine (C=N–C) groups is 1. The van der Waals surface area contributed by atoms with E-state index in [1.54, 1.807) is 19.3 Å². The third-order valence-electron chi connectivity index (χ3n) is 4.01. The Hall–Kier alpha value is -3.28. The molecule has 2 aliphatic rings. The van der Waals surface area contributed by atoms with Gasteiger partial charge in [-0.2, -0.15) is 0 Å². The Morgan fingerprint density at radius 2 is 1.92 bits per heavy atom. The number of hydrogen-bond donors (Lipinski definition) is 0. The summed E-state index contributed by atoms with van der Waals surface area (Å²) in [5, 5.41) is 0. The van der Waals surface area contributed by atoms with E-state index in [0.29, 0.717) is 36.0 Å². The molecule has 26 heavy (non-hydrogen) atoms. The maximum atomic E-state index is 12.2. The summed E-state index contributed by atoms with van der Waals surface area (Å²) in [6, 6.07) is 12.7. The molecule has 0 fully saturated rings. The van der Waals surface area contributed by atoms with E-state index in [2.05, 4.69) is 4.99 Å². The van der Waals surface area contributed by atoms with Gasteiger partial charge in [-0.3, -0.25) is 0 Å². The van der Waals surface area contributed by atoms with Gasteiger partial charge in [-0.15, -0.1) is 0 Å². The lowest BCUT2D eigenvalue weighted by atomic mass is 10.1. The number of esters is 1. The highest BCUT2D eigenvalue weighted by molar-refractivity contribution is 6.13. The molecule has 0 atom stereocenters. The van der Waals surface area contributed by atoms with E-state index in [-0.39, 0.29) is 11.6 Å². The topological polar surface area (TPSA) is 66.3 Å². The maximum Gasteiger partial charge on any atom is 0.363 e. The Morgan fingerprint density at radius 1 is 1.08 bits per heavy atom. The maximum absolute atomic E-state index is 12.2. The molecule has 2 aromatic rings. The van der Waals surface area contributed by atoms with Gasteiger partial charge in [0.15, 0.2) is 17.2 Å². The van der Waals surface area contributed by atoms with Gasteiger partial charge in [0.1, 0.15) is 5.75 Å². The molecule has 0 radical (unpaired) electrons. The zero-order valence-corrected chi connectivity index (χ0v) is 14.2. The summed E-state index contributed by atoms with van der Waals surface area (Å²) in [7, 11) is 1.58. The molecule has 0 aliphatic carbocycles. The fourth-order valence-corrected chi connectivity index (χ4v) is 2.72. The monoisotopic (exact) mass is 351 g/mol. The highest BCUT2D eigenvalue weighted by Crippen LogP contribution is 2.31. The first-order valence-electron chi connectivity index (χ1n) is 8.29. The van der Waals surface area contributed by atoms with E-state index >= 15 is 0 Å². The molecule has 4 rings (SSSR count). The lowest BCUT2D eigenvalue weighted by Crippen LogP contribution is -2.05. The van der Waals surface area contributed by atoms with Crippen LogP contribution in [0.3, 0.4) is 0 Å². The Balaban J connectivity index is 1.63. The van der Waals surface area contributed by atoms with Gasteiger partial charge in [-0.1, -0.05) is 12.1 Å². The SMILES string of the molecule is COc1cccc(C2=N/C(=C/c3ccc4c(c3)OCCCO4)C(=O)O2)c1. The predicted octanol–water partition coefficient (Wildman–Crippen LogP) is 3.20. The minimum Gasteiger partial charge on any atom is -0.497 e. The molecule has 132 valence electrons. The van der Waals surface area contributed by atoms with Crippen molar-refractivity contribution in [3.05, 3.63) is 59.3 Å². The number of ether oxygens (including phenoxy) is 4. The van der Waals surface area contributed by atoms with Crippen molar-refractivity contribution in [1.29, 1.82) is 0 Å². The van der Waals surface area contributed by atoms with Crippen LogP contribution < -0.4 is 14.2 Å². The van der Waals surface area contributed by atoms with Crippen molar-refractivity contribution in [1.82, 2.24) is 0 Å².